The topological polar surface area (TPSA) is 55.8 Å². The summed E-state index contributed by atoms with van der Waals surface area (Å²) >= 11 is 0. The van der Waals surface area contributed by atoms with Crippen LogP contribution in [0.5, 0.6) is 5.75 Å². The summed E-state index contributed by atoms with van der Waals surface area (Å²) in [4.78, 5) is 13.2. The van der Waals surface area contributed by atoms with E-state index in [9.17, 15) is 9.90 Å². The summed E-state index contributed by atoms with van der Waals surface area (Å²) in [5.41, 5.74) is 0.0674. The minimum atomic E-state index is -1.13. The summed E-state index contributed by atoms with van der Waals surface area (Å²) in [5, 5.41) is 11.0. The molecule has 0 spiro atoms. The molecule has 0 saturated carbocycles. The van der Waals surface area contributed by atoms with Crippen molar-refractivity contribution in [3.05, 3.63) is 65.7 Å². The first-order valence-corrected chi connectivity index (χ1v) is 10.3. The minimum Gasteiger partial charge on any atom is -0.489 e. The highest BCUT2D eigenvalue weighted by atomic mass is 16.6. The molecule has 0 aliphatic carbocycles. The van der Waals surface area contributed by atoms with Gasteiger partial charge >= 0.3 is 5.97 Å². The third kappa shape index (κ3) is 5.60. The molecule has 4 heteroatoms. The van der Waals surface area contributed by atoms with E-state index in [1.165, 1.54) is 0 Å². The predicted molar refractivity (Wildman–Crippen MR) is 116 cm³/mol. The fourth-order valence-corrected chi connectivity index (χ4v) is 3.49. The highest BCUT2D eigenvalue weighted by Gasteiger charge is 2.49. The van der Waals surface area contributed by atoms with Crippen molar-refractivity contribution in [3.8, 4) is 5.75 Å². The Balaban J connectivity index is 2.31. The van der Waals surface area contributed by atoms with Gasteiger partial charge < -0.3 is 14.6 Å². The lowest BCUT2D eigenvalue weighted by Crippen LogP contribution is -2.51. The Hall–Kier alpha value is -2.33. The second-order valence-corrected chi connectivity index (χ2v) is 8.81. The molecule has 2 rings (SSSR count). The first-order chi connectivity index (χ1) is 13.6. The molecule has 0 saturated heterocycles. The molecule has 0 fully saturated rings. The normalized spacial score (nSPS) is 14.9. The first-order valence-electron chi connectivity index (χ1n) is 10.3. The van der Waals surface area contributed by atoms with E-state index in [0.717, 1.165) is 11.1 Å². The highest BCUT2D eigenvalue weighted by Crippen LogP contribution is 2.38. The van der Waals surface area contributed by atoms with Crippen molar-refractivity contribution in [2.75, 3.05) is 0 Å². The molecule has 158 valence electrons. The van der Waals surface area contributed by atoms with Crippen LogP contribution in [0.3, 0.4) is 0 Å². The molecule has 0 aliphatic rings. The Morgan fingerprint density at radius 2 is 1.59 bits per heavy atom. The maximum Gasteiger partial charge on any atom is 0.319 e. The summed E-state index contributed by atoms with van der Waals surface area (Å²) in [7, 11) is 0. The quantitative estimate of drug-likeness (QED) is 0.615. The monoisotopic (exact) mass is 398 g/mol. The van der Waals surface area contributed by atoms with E-state index in [4.69, 9.17) is 9.47 Å². The molecule has 0 heterocycles. The molecule has 0 radical (unpaired) electrons. The summed E-state index contributed by atoms with van der Waals surface area (Å²) in [5.74, 6) is 0.217. The van der Waals surface area contributed by atoms with E-state index in [0.29, 0.717) is 18.8 Å². The van der Waals surface area contributed by atoms with Crippen LogP contribution in [0.4, 0.5) is 0 Å². The van der Waals surface area contributed by atoms with Crippen molar-refractivity contribution in [1.82, 2.24) is 0 Å². The molecule has 29 heavy (non-hydrogen) atoms. The fraction of sp³-hybridized carbons (Fsp3) is 0.480. The van der Waals surface area contributed by atoms with Gasteiger partial charge in [0.15, 0.2) is 0 Å². The smallest absolute Gasteiger partial charge is 0.319 e. The molecule has 0 amide bonds. The first kappa shape index (κ1) is 23.0. The van der Waals surface area contributed by atoms with Gasteiger partial charge in [-0.25, -0.2) is 0 Å². The Morgan fingerprint density at radius 1 is 1.00 bits per heavy atom. The lowest BCUT2D eigenvalue weighted by molar-refractivity contribution is -0.169. The van der Waals surface area contributed by atoms with Gasteiger partial charge in [-0.15, -0.1) is 0 Å². The van der Waals surface area contributed by atoms with Crippen molar-refractivity contribution in [3.63, 3.8) is 0 Å². The van der Waals surface area contributed by atoms with Crippen LogP contribution >= 0.6 is 0 Å². The highest BCUT2D eigenvalue weighted by molar-refractivity contribution is 5.84. The summed E-state index contributed by atoms with van der Waals surface area (Å²) < 4.78 is 11.6. The second-order valence-electron chi connectivity index (χ2n) is 8.81. The van der Waals surface area contributed by atoms with E-state index in [2.05, 4.69) is 0 Å². The standard InChI is InChI=1S/C25H34O4/c1-7-25(22(26)18(2)3,23(27)29-24(4,5)6)20-13-15-21(16-14-20)28-17-19-11-9-8-10-12-19/h8-16,18,22,26H,7,17H2,1-6H3. The second kappa shape index (κ2) is 9.45. The number of hydrogen-bond donors (Lipinski definition) is 1. The van der Waals surface area contributed by atoms with Crippen LogP contribution in [0.1, 0.15) is 59.1 Å². The van der Waals surface area contributed by atoms with Crippen LogP contribution < -0.4 is 4.74 Å². The number of aliphatic hydroxyl groups is 1. The zero-order valence-corrected chi connectivity index (χ0v) is 18.4. The van der Waals surface area contributed by atoms with Crippen molar-refractivity contribution < 1.29 is 19.4 Å². The SMILES string of the molecule is CCC(C(=O)OC(C)(C)C)(c1ccc(OCc2ccccc2)cc1)C(O)C(C)C. The number of benzene rings is 2. The van der Waals surface area contributed by atoms with E-state index >= 15 is 0 Å². The van der Waals surface area contributed by atoms with Gasteiger partial charge in [0.05, 0.1) is 6.10 Å². The number of carbonyl (C=O) groups is 1. The van der Waals surface area contributed by atoms with E-state index in [-0.39, 0.29) is 5.92 Å². The maximum absolute atomic E-state index is 13.2. The molecular formula is C25H34O4. The van der Waals surface area contributed by atoms with Crippen molar-refractivity contribution in [1.29, 1.82) is 0 Å². The molecule has 2 aromatic carbocycles. The van der Waals surface area contributed by atoms with Gasteiger partial charge in [-0.1, -0.05) is 63.2 Å². The lowest BCUT2D eigenvalue weighted by Gasteiger charge is -2.39. The third-order valence-corrected chi connectivity index (χ3v) is 5.07. The lowest BCUT2D eigenvalue weighted by atomic mass is 9.70. The number of ether oxygens (including phenoxy) is 2. The van der Waals surface area contributed by atoms with Crippen molar-refractivity contribution >= 4 is 5.97 Å². The Morgan fingerprint density at radius 3 is 2.07 bits per heavy atom. The molecule has 0 aromatic heterocycles. The van der Waals surface area contributed by atoms with Crippen LogP contribution in [0.25, 0.3) is 0 Å². The summed E-state index contributed by atoms with van der Waals surface area (Å²) in [6.07, 6.45) is -0.427. The van der Waals surface area contributed by atoms with Gasteiger partial charge in [0.2, 0.25) is 0 Å². The molecule has 2 aromatic rings. The van der Waals surface area contributed by atoms with E-state index in [1.807, 2.05) is 96.1 Å². The van der Waals surface area contributed by atoms with E-state index in [1.54, 1.807) is 0 Å². The fourth-order valence-electron chi connectivity index (χ4n) is 3.49. The molecule has 2 atom stereocenters. The van der Waals surface area contributed by atoms with Crippen LogP contribution in [0.2, 0.25) is 0 Å². The number of carbonyl (C=O) groups excluding carboxylic acids is 1. The van der Waals surface area contributed by atoms with Gasteiger partial charge in [-0.05, 0) is 56.4 Å². The zero-order valence-electron chi connectivity index (χ0n) is 18.4. The van der Waals surface area contributed by atoms with Crippen LogP contribution in [-0.4, -0.2) is 22.8 Å². The van der Waals surface area contributed by atoms with Crippen molar-refractivity contribution in [2.24, 2.45) is 5.92 Å². The van der Waals surface area contributed by atoms with Gasteiger partial charge in [0.25, 0.3) is 0 Å². The van der Waals surface area contributed by atoms with Crippen molar-refractivity contribution in [2.45, 2.75) is 71.7 Å². The average molecular weight is 399 g/mol. The Kier molecular flexibility index (Phi) is 7.48. The van der Waals surface area contributed by atoms with Crippen LogP contribution in [0.15, 0.2) is 54.6 Å². The Labute approximate surface area is 174 Å². The zero-order chi connectivity index (χ0) is 21.7. The molecule has 1 N–H and O–H groups in total. The Bertz CT molecular complexity index is 775. The van der Waals surface area contributed by atoms with E-state index < -0.39 is 23.1 Å². The molecule has 0 bridgehead atoms. The van der Waals surface area contributed by atoms with Gasteiger partial charge in [0, 0.05) is 0 Å². The number of hydrogen-bond acceptors (Lipinski definition) is 4. The van der Waals surface area contributed by atoms with Crippen LogP contribution in [0, 0.1) is 5.92 Å². The maximum atomic E-state index is 13.2. The number of esters is 1. The minimum absolute atomic E-state index is 0.100. The van der Waals surface area contributed by atoms with Crippen LogP contribution in [-0.2, 0) is 21.6 Å². The molecular weight excluding hydrogens is 364 g/mol. The third-order valence-electron chi connectivity index (χ3n) is 5.07. The van der Waals surface area contributed by atoms with Gasteiger partial charge in [-0.2, -0.15) is 0 Å². The predicted octanol–water partition coefficient (Wildman–Crippen LogP) is 5.27. The molecule has 4 nitrogen and oxygen atoms in total. The number of rotatable bonds is 8. The van der Waals surface area contributed by atoms with Gasteiger partial charge in [-0.3, -0.25) is 4.79 Å². The average Bonchev–Trinajstić information content (AvgIpc) is 2.67. The summed E-state index contributed by atoms with van der Waals surface area (Å²) in [6.45, 7) is 11.7. The largest absolute Gasteiger partial charge is 0.489 e. The summed E-state index contributed by atoms with van der Waals surface area (Å²) in [6, 6.07) is 17.4. The van der Waals surface area contributed by atoms with Gasteiger partial charge in [0.1, 0.15) is 23.4 Å². The molecule has 0 aliphatic heterocycles. The number of aliphatic hydroxyl groups excluding tert-OH is 1. The molecule has 2 unspecified atom stereocenters.